The summed E-state index contributed by atoms with van der Waals surface area (Å²) >= 11 is 0. The second kappa shape index (κ2) is 8.05. The van der Waals surface area contributed by atoms with Crippen molar-refractivity contribution in [1.82, 2.24) is 0 Å². The van der Waals surface area contributed by atoms with E-state index in [0.29, 0.717) is 17.1 Å². The van der Waals surface area contributed by atoms with Gasteiger partial charge in [0.25, 0.3) is 10.0 Å². The quantitative estimate of drug-likeness (QED) is 0.638. The van der Waals surface area contributed by atoms with Crippen LogP contribution in [0.1, 0.15) is 11.1 Å². The third-order valence-corrected chi connectivity index (χ3v) is 5.31. The van der Waals surface area contributed by atoms with E-state index in [9.17, 15) is 8.42 Å². The van der Waals surface area contributed by atoms with Gasteiger partial charge in [-0.15, -0.1) is 0 Å². The van der Waals surface area contributed by atoms with Crippen LogP contribution in [0, 0.1) is 6.92 Å². The molecule has 0 aliphatic rings. The van der Waals surface area contributed by atoms with E-state index in [1.165, 1.54) is 7.11 Å². The standard InChI is InChI=1S/C21H20N2O3S/c1-16-8-11-19(12-9-16)27(24,25)23-21-14-18(26-2)10-13-20(21)22-15-17-6-4-3-5-7-17/h3-15,23H,1-2H3. The van der Waals surface area contributed by atoms with E-state index in [-0.39, 0.29) is 4.90 Å². The molecule has 27 heavy (non-hydrogen) atoms. The highest BCUT2D eigenvalue weighted by Crippen LogP contribution is 2.31. The summed E-state index contributed by atoms with van der Waals surface area (Å²) in [7, 11) is -2.21. The Morgan fingerprint density at radius 1 is 0.963 bits per heavy atom. The van der Waals surface area contributed by atoms with Crippen molar-refractivity contribution in [3.05, 3.63) is 83.9 Å². The van der Waals surface area contributed by atoms with Gasteiger partial charge in [0.1, 0.15) is 5.75 Å². The Hall–Kier alpha value is -3.12. The number of methoxy groups -OCH3 is 1. The molecule has 3 rings (SSSR count). The van der Waals surface area contributed by atoms with Gasteiger partial charge in [0.05, 0.1) is 23.4 Å². The van der Waals surface area contributed by atoms with Crippen LogP contribution in [-0.2, 0) is 10.0 Å². The zero-order valence-corrected chi connectivity index (χ0v) is 15.9. The van der Waals surface area contributed by atoms with Crippen LogP contribution in [0.25, 0.3) is 0 Å². The number of nitrogens with one attached hydrogen (secondary N) is 1. The SMILES string of the molecule is COc1ccc(N=Cc2ccccc2)c(NS(=O)(=O)c2ccc(C)cc2)c1. The largest absolute Gasteiger partial charge is 0.497 e. The molecule has 0 aromatic heterocycles. The molecule has 0 aliphatic heterocycles. The first-order valence-electron chi connectivity index (χ1n) is 8.34. The maximum atomic E-state index is 12.7. The molecule has 3 aromatic carbocycles. The zero-order valence-electron chi connectivity index (χ0n) is 15.1. The van der Waals surface area contributed by atoms with E-state index in [1.54, 1.807) is 48.7 Å². The maximum Gasteiger partial charge on any atom is 0.261 e. The van der Waals surface area contributed by atoms with Crippen molar-refractivity contribution in [1.29, 1.82) is 0 Å². The number of aryl methyl sites for hydroxylation is 1. The number of benzene rings is 3. The molecule has 0 unspecified atom stereocenters. The fraction of sp³-hybridized carbons (Fsp3) is 0.0952. The van der Waals surface area contributed by atoms with E-state index >= 15 is 0 Å². The lowest BCUT2D eigenvalue weighted by molar-refractivity contribution is 0.415. The van der Waals surface area contributed by atoms with Crippen LogP contribution in [0.5, 0.6) is 5.75 Å². The van der Waals surface area contributed by atoms with Crippen molar-refractivity contribution in [2.24, 2.45) is 4.99 Å². The monoisotopic (exact) mass is 380 g/mol. The van der Waals surface area contributed by atoms with Gasteiger partial charge >= 0.3 is 0 Å². The van der Waals surface area contributed by atoms with Crippen LogP contribution in [-0.4, -0.2) is 21.7 Å². The van der Waals surface area contributed by atoms with Crippen LogP contribution < -0.4 is 9.46 Å². The van der Waals surface area contributed by atoms with Crippen LogP contribution >= 0.6 is 0 Å². The summed E-state index contributed by atoms with van der Waals surface area (Å²) in [6.45, 7) is 1.91. The zero-order chi connectivity index (χ0) is 19.3. The summed E-state index contributed by atoms with van der Waals surface area (Å²) in [4.78, 5) is 4.63. The van der Waals surface area contributed by atoms with Crippen molar-refractivity contribution < 1.29 is 13.2 Å². The van der Waals surface area contributed by atoms with Gasteiger partial charge < -0.3 is 4.74 Å². The number of rotatable bonds is 6. The van der Waals surface area contributed by atoms with Gasteiger partial charge in [-0.25, -0.2) is 8.42 Å². The predicted molar refractivity (Wildman–Crippen MR) is 109 cm³/mol. The molecule has 0 spiro atoms. The van der Waals surface area contributed by atoms with E-state index in [2.05, 4.69) is 9.71 Å². The van der Waals surface area contributed by atoms with Gasteiger partial charge in [-0.1, -0.05) is 48.0 Å². The highest BCUT2D eigenvalue weighted by Gasteiger charge is 2.16. The predicted octanol–water partition coefficient (Wildman–Crippen LogP) is 4.56. The number of sulfonamides is 1. The Morgan fingerprint density at radius 3 is 2.33 bits per heavy atom. The molecule has 6 heteroatoms. The second-order valence-corrected chi connectivity index (χ2v) is 7.65. The highest BCUT2D eigenvalue weighted by molar-refractivity contribution is 7.92. The number of aliphatic imine (C=N–C) groups is 1. The van der Waals surface area contributed by atoms with Crippen LogP contribution in [0.15, 0.2) is 82.7 Å². The first-order valence-corrected chi connectivity index (χ1v) is 9.83. The number of hydrogen-bond acceptors (Lipinski definition) is 4. The Bertz CT molecular complexity index is 1040. The molecule has 0 heterocycles. The van der Waals surface area contributed by atoms with Gasteiger partial charge in [0.2, 0.25) is 0 Å². The smallest absolute Gasteiger partial charge is 0.261 e. The highest BCUT2D eigenvalue weighted by atomic mass is 32.2. The van der Waals surface area contributed by atoms with E-state index in [1.807, 2.05) is 37.3 Å². The maximum absolute atomic E-state index is 12.7. The molecule has 0 saturated carbocycles. The molecule has 138 valence electrons. The first-order chi connectivity index (χ1) is 13.0. The van der Waals surface area contributed by atoms with Gasteiger partial charge in [0, 0.05) is 12.3 Å². The normalized spacial score (nSPS) is 11.5. The fourth-order valence-corrected chi connectivity index (χ4v) is 3.51. The summed E-state index contributed by atoms with van der Waals surface area (Å²) in [6, 6.07) is 21.3. The molecule has 0 amide bonds. The van der Waals surface area contributed by atoms with Gasteiger partial charge in [-0.2, -0.15) is 0 Å². The Morgan fingerprint density at radius 2 is 1.67 bits per heavy atom. The van der Waals surface area contributed by atoms with Gasteiger partial charge in [0.15, 0.2) is 0 Å². The Kier molecular flexibility index (Phi) is 5.57. The van der Waals surface area contributed by atoms with Crippen LogP contribution in [0.2, 0.25) is 0 Å². The summed E-state index contributed by atoms with van der Waals surface area (Å²) in [6.07, 6.45) is 1.69. The molecule has 5 nitrogen and oxygen atoms in total. The summed E-state index contributed by atoms with van der Waals surface area (Å²) in [5, 5.41) is 0. The van der Waals surface area contributed by atoms with Crippen molar-refractivity contribution in [3.63, 3.8) is 0 Å². The fourth-order valence-electron chi connectivity index (χ4n) is 2.44. The number of hydrogen-bond donors (Lipinski definition) is 1. The molecule has 0 atom stereocenters. The molecule has 0 saturated heterocycles. The van der Waals surface area contributed by atoms with Crippen LogP contribution in [0.3, 0.4) is 0 Å². The summed E-state index contributed by atoms with van der Waals surface area (Å²) in [5.41, 5.74) is 2.75. The molecular weight excluding hydrogens is 360 g/mol. The number of ether oxygens (including phenoxy) is 1. The average molecular weight is 380 g/mol. The van der Waals surface area contributed by atoms with E-state index < -0.39 is 10.0 Å². The minimum absolute atomic E-state index is 0.189. The molecule has 0 aliphatic carbocycles. The van der Waals surface area contributed by atoms with Crippen molar-refractivity contribution in [2.75, 3.05) is 11.8 Å². The first kappa shape index (κ1) is 18.7. The Balaban J connectivity index is 1.95. The molecule has 3 aromatic rings. The molecule has 0 fully saturated rings. The lowest BCUT2D eigenvalue weighted by Crippen LogP contribution is -2.13. The van der Waals surface area contributed by atoms with E-state index in [4.69, 9.17) is 4.74 Å². The average Bonchev–Trinajstić information content (AvgIpc) is 2.68. The third kappa shape index (κ3) is 4.74. The van der Waals surface area contributed by atoms with Crippen molar-refractivity contribution in [2.45, 2.75) is 11.8 Å². The lowest BCUT2D eigenvalue weighted by atomic mass is 10.2. The molecule has 1 N–H and O–H groups in total. The Labute approximate surface area is 159 Å². The summed E-state index contributed by atoms with van der Waals surface area (Å²) in [5.74, 6) is 0.537. The van der Waals surface area contributed by atoms with Gasteiger partial charge in [-0.3, -0.25) is 9.71 Å². The van der Waals surface area contributed by atoms with Gasteiger partial charge in [-0.05, 0) is 36.8 Å². The molecular formula is C21H20N2O3S. The van der Waals surface area contributed by atoms with Crippen molar-refractivity contribution in [3.8, 4) is 5.75 Å². The number of anilines is 1. The third-order valence-electron chi connectivity index (χ3n) is 3.93. The minimum Gasteiger partial charge on any atom is -0.497 e. The topological polar surface area (TPSA) is 67.8 Å². The second-order valence-electron chi connectivity index (χ2n) is 5.97. The number of nitrogens with zero attached hydrogens (tertiary/aromatic N) is 1. The van der Waals surface area contributed by atoms with Crippen molar-refractivity contribution >= 4 is 27.6 Å². The molecule has 0 radical (unpaired) electrons. The van der Waals surface area contributed by atoms with Crippen LogP contribution in [0.4, 0.5) is 11.4 Å². The van der Waals surface area contributed by atoms with E-state index in [0.717, 1.165) is 11.1 Å². The lowest BCUT2D eigenvalue weighted by Gasteiger charge is -2.12. The summed E-state index contributed by atoms with van der Waals surface area (Å²) < 4.78 is 33.3. The minimum atomic E-state index is -3.74. The molecule has 0 bridgehead atoms.